The molecule has 3 fully saturated rings. The van der Waals surface area contributed by atoms with E-state index in [0.717, 1.165) is 24.8 Å². The number of ether oxygens (including phenoxy) is 1. The molecule has 5 heteroatoms. The molecule has 1 aromatic rings. The lowest BCUT2D eigenvalue weighted by atomic mass is 9.41. The summed E-state index contributed by atoms with van der Waals surface area (Å²) in [4.78, 5) is 25.0. The molecule has 1 N–H and O–H groups in total. The first-order valence-corrected chi connectivity index (χ1v) is 12.1. The summed E-state index contributed by atoms with van der Waals surface area (Å²) >= 11 is 0. The van der Waals surface area contributed by atoms with Gasteiger partial charge in [-0.2, -0.15) is 0 Å². The Bertz CT molecular complexity index is 959. The predicted octanol–water partition coefficient (Wildman–Crippen LogP) is 5.04. The fraction of sp³-hybridized carbons (Fsp3) is 0.704. The summed E-state index contributed by atoms with van der Waals surface area (Å²) in [5.74, 6) is 0.543. The van der Waals surface area contributed by atoms with Gasteiger partial charge in [-0.05, 0) is 54.6 Å². The fourth-order valence-electron chi connectivity index (χ4n) is 8.43. The van der Waals surface area contributed by atoms with Crippen molar-refractivity contribution in [3.63, 3.8) is 0 Å². The summed E-state index contributed by atoms with van der Waals surface area (Å²) in [5.41, 5.74) is 1.47. The van der Waals surface area contributed by atoms with Crippen molar-refractivity contribution in [2.24, 2.45) is 34.0 Å². The molecule has 0 radical (unpaired) electrons. The van der Waals surface area contributed by atoms with E-state index in [1.54, 1.807) is 12.5 Å². The maximum absolute atomic E-state index is 12.8. The average molecular weight is 441 g/mol. The number of hydrogen-bond donors (Lipinski definition) is 1. The van der Waals surface area contributed by atoms with Gasteiger partial charge in [0.05, 0.1) is 18.6 Å². The van der Waals surface area contributed by atoms with Gasteiger partial charge in [0, 0.05) is 36.0 Å². The van der Waals surface area contributed by atoms with Crippen LogP contribution in [0.5, 0.6) is 0 Å². The van der Waals surface area contributed by atoms with Gasteiger partial charge in [0.1, 0.15) is 11.9 Å². The molecule has 0 saturated heterocycles. The summed E-state index contributed by atoms with van der Waals surface area (Å²) in [6.07, 6.45) is 8.70. The molecule has 0 aromatic carbocycles. The SMILES string of the molecule is CC(=O)OC1CC2C(C3=CCC(c4ccoc4)C31C)C(O)CC1C(C)(C)C(=O)CCC21C. The number of carbonyl (C=O) groups is 2. The van der Waals surface area contributed by atoms with Crippen LogP contribution in [0.15, 0.2) is 34.7 Å². The van der Waals surface area contributed by atoms with Gasteiger partial charge in [-0.25, -0.2) is 0 Å². The number of rotatable bonds is 2. The molecule has 1 aromatic heterocycles. The second kappa shape index (κ2) is 7.06. The predicted molar refractivity (Wildman–Crippen MR) is 120 cm³/mol. The molecule has 5 rings (SSSR count). The summed E-state index contributed by atoms with van der Waals surface area (Å²) in [6, 6.07) is 2.01. The molecule has 5 nitrogen and oxygen atoms in total. The van der Waals surface area contributed by atoms with Gasteiger partial charge >= 0.3 is 5.97 Å². The van der Waals surface area contributed by atoms with Crippen LogP contribution < -0.4 is 0 Å². The van der Waals surface area contributed by atoms with Crippen LogP contribution >= 0.6 is 0 Å². The molecule has 1 heterocycles. The molecule has 0 aliphatic heterocycles. The monoisotopic (exact) mass is 440 g/mol. The largest absolute Gasteiger partial charge is 0.472 e. The van der Waals surface area contributed by atoms with Crippen molar-refractivity contribution in [2.75, 3.05) is 0 Å². The van der Waals surface area contributed by atoms with E-state index in [2.05, 4.69) is 33.8 Å². The Balaban J connectivity index is 1.60. The van der Waals surface area contributed by atoms with Gasteiger partial charge in [-0.3, -0.25) is 9.59 Å². The number of allylic oxidation sites excluding steroid dienone is 1. The lowest BCUT2D eigenvalue weighted by Gasteiger charge is -2.64. The number of hydrogen-bond acceptors (Lipinski definition) is 5. The zero-order valence-electron chi connectivity index (χ0n) is 19.9. The van der Waals surface area contributed by atoms with E-state index in [1.807, 2.05) is 6.07 Å². The number of carbonyl (C=O) groups excluding carboxylic acids is 2. The number of Topliss-reactive ketones (excluding diaryl/α,β-unsaturated/α-hetero) is 1. The summed E-state index contributed by atoms with van der Waals surface area (Å²) in [6.45, 7) is 10.1. The van der Waals surface area contributed by atoms with Crippen LogP contribution in [0.3, 0.4) is 0 Å². The van der Waals surface area contributed by atoms with E-state index in [9.17, 15) is 14.7 Å². The van der Waals surface area contributed by atoms with Crippen LogP contribution in [0.2, 0.25) is 0 Å². The standard InChI is InChI=1S/C27H36O5/c1-15(28)32-23-12-19-24(18-7-6-17(27(18,23)5)16-9-11-31-14-16)20(29)13-21-25(2,3)22(30)8-10-26(19,21)4/h7,9,11,14,17,19-21,23-24,29H,6,8,10,12-13H2,1-5H3. The Morgan fingerprint density at radius 3 is 2.62 bits per heavy atom. The highest BCUT2D eigenvalue weighted by molar-refractivity contribution is 5.85. The maximum atomic E-state index is 12.8. The van der Waals surface area contributed by atoms with Crippen molar-refractivity contribution in [1.82, 2.24) is 0 Å². The minimum atomic E-state index is -0.491. The Hall–Kier alpha value is -1.88. The molecule has 0 spiro atoms. The highest BCUT2D eigenvalue weighted by Gasteiger charge is 2.66. The third kappa shape index (κ3) is 2.79. The molecular weight excluding hydrogens is 404 g/mol. The third-order valence-electron chi connectivity index (χ3n) is 10.1. The molecule has 0 bridgehead atoms. The van der Waals surface area contributed by atoms with E-state index >= 15 is 0 Å². The highest BCUT2D eigenvalue weighted by Crippen LogP contribution is 2.69. The quantitative estimate of drug-likeness (QED) is 0.515. The highest BCUT2D eigenvalue weighted by atomic mass is 16.5. The van der Waals surface area contributed by atoms with Gasteiger partial charge in [-0.15, -0.1) is 0 Å². The van der Waals surface area contributed by atoms with Crippen LogP contribution in [-0.4, -0.2) is 29.1 Å². The van der Waals surface area contributed by atoms with Crippen molar-refractivity contribution in [3.05, 3.63) is 35.8 Å². The van der Waals surface area contributed by atoms with E-state index in [4.69, 9.17) is 9.15 Å². The van der Waals surface area contributed by atoms with Crippen LogP contribution in [0.25, 0.3) is 0 Å². The molecule has 32 heavy (non-hydrogen) atoms. The zero-order chi connectivity index (χ0) is 23.1. The smallest absolute Gasteiger partial charge is 0.302 e. The molecule has 8 unspecified atom stereocenters. The second-order valence-corrected chi connectivity index (χ2v) is 11.8. The van der Waals surface area contributed by atoms with Crippen molar-refractivity contribution in [2.45, 2.75) is 84.8 Å². The maximum Gasteiger partial charge on any atom is 0.302 e. The molecule has 4 aliphatic carbocycles. The molecule has 3 saturated carbocycles. The number of aliphatic hydroxyl groups excluding tert-OH is 1. The topological polar surface area (TPSA) is 76.7 Å². The summed E-state index contributed by atoms with van der Waals surface area (Å²) in [7, 11) is 0. The van der Waals surface area contributed by atoms with Crippen LogP contribution in [0, 0.1) is 34.0 Å². The van der Waals surface area contributed by atoms with E-state index in [-0.39, 0.29) is 46.6 Å². The number of furan rings is 1. The molecule has 8 atom stereocenters. The molecule has 0 amide bonds. The average Bonchev–Trinajstić information content (AvgIpc) is 3.35. The summed E-state index contributed by atoms with van der Waals surface area (Å²) < 4.78 is 11.5. The number of ketones is 1. The lowest BCUT2D eigenvalue weighted by Crippen LogP contribution is -2.63. The minimum Gasteiger partial charge on any atom is -0.472 e. The fourth-order valence-corrected chi connectivity index (χ4v) is 8.43. The number of fused-ring (bicyclic) bond motifs is 5. The van der Waals surface area contributed by atoms with Crippen molar-refractivity contribution < 1.29 is 23.8 Å². The van der Waals surface area contributed by atoms with Crippen molar-refractivity contribution >= 4 is 11.8 Å². The number of esters is 1. The van der Waals surface area contributed by atoms with Gasteiger partial charge in [-0.1, -0.05) is 39.3 Å². The van der Waals surface area contributed by atoms with E-state index < -0.39 is 11.5 Å². The Morgan fingerprint density at radius 2 is 1.97 bits per heavy atom. The van der Waals surface area contributed by atoms with Crippen molar-refractivity contribution in [3.8, 4) is 0 Å². The van der Waals surface area contributed by atoms with Gasteiger partial charge in [0.2, 0.25) is 0 Å². The van der Waals surface area contributed by atoms with Gasteiger partial charge < -0.3 is 14.3 Å². The molecular formula is C27H36O5. The summed E-state index contributed by atoms with van der Waals surface area (Å²) in [5, 5.41) is 11.5. The van der Waals surface area contributed by atoms with E-state index in [0.29, 0.717) is 18.6 Å². The molecule has 174 valence electrons. The first-order chi connectivity index (χ1) is 15.0. The van der Waals surface area contributed by atoms with Crippen LogP contribution in [0.4, 0.5) is 0 Å². The normalized spacial score (nSPS) is 44.8. The Morgan fingerprint density at radius 1 is 1.22 bits per heavy atom. The molecule has 4 aliphatic rings. The van der Waals surface area contributed by atoms with Gasteiger partial charge in [0.25, 0.3) is 0 Å². The minimum absolute atomic E-state index is 0.0361. The third-order valence-corrected chi connectivity index (χ3v) is 10.1. The Labute approximate surface area is 190 Å². The second-order valence-electron chi connectivity index (χ2n) is 11.8. The zero-order valence-corrected chi connectivity index (χ0v) is 19.9. The van der Waals surface area contributed by atoms with Crippen LogP contribution in [0.1, 0.15) is 78.2 Å². The lowest BCUT2D eigenvalue weighted by molar-refractivity contribution is -0.186. The Kier molecular flexibility index (Phi) is 4.84. The first-order valence-electron chi connectivity index (χ1n) is 12.1. The number of aliphatic hydroxyl groups is 1. The van der Waals surface area contributed by atoms with E-state index in [1.165, 1.54) is 12.5 Å². The van der Waals surface area contributed by atoms with Crippen LogP contribution in [-0.2, 0) is 14.3 Å². The first kappa shape index (κ1) is 21.9. The van der Waals surface area contributed by atoms with Crippen molar-refractivity contribution in [1.29, 1.82) is 0 Å². The van der Waals surface area contributed by atoms with Gasteiger partial charge in [0.15, 0.2) is 0 Å².